The van der Waals surface area contributed by atoms with Crippen molar-refractivity contribution in [1.82, 2.24) is 0 Å². The second-order valence-corrected chi connectivity index (χ2v) is 6.20. The lowest BCUT2D eigenvalue weighted by Gasteiger charge is -2.17. The van der Waals surface area contributed by atoms with Crippen molar-refractivity contribution in [2.45, 2.75) is 13.5 Å². The van der Waals surface area contributed by atoms with Crippen LogP contribution in [0.3, 0.4) is 0 Å². The van der Waals surface area contributed by atoms with E-state index >= 15 is 0 Å². The second-order valence-electron chi connectivity index (χ2n) is 5.16. The van der Waals surface area contributed by atoms with E-state index in [4.69, 9.17) is 0 Å². The van der Waals surface area contributed by atoms with Crippen LogP contribution in [0.4, 0.5) is 0 Å². The zero-order valence-corrected chi connectivity index (χ0v) is 13.4. The molecule has 0 unspecified atom stereocenters. The van der Waals surface area contributed by atoms with Crippen molar-refractivity contribution in [2.24, 2.45) is 0 Å². The van der Waals surface area contributed by atoms with Crippen LogP contribution < -0.4 is 5.19 Å². The van der Waals surface area contributed by atoms with Gasteiger partial charge >= 0.3 is 0 Å². The van der Waals surface area contributed by atoms with E-state index in [1.54, 1.807) is 0 Å². The van der Waals surface area contributed by atoms with Crippen LogP contribution in [0.25, 0.3) is 22.3 Å². The fraction of sp³-hybridized carbons (Fsp3) is 0.100. The molecule has 0 saturated carbocycles. The molecule has 0 spiro atoms. The second kappa shape index (κ2) is 6.11. The van der Waals surface area contributed by atoms with Gasteiger partial charge in [-0.1, -0.05) is 84.5 Å². The highest BCUT2D eigenvalue weighted by atomic mass is 28.2. The molecule has 0 atom stereocenters. The van der Waals surface area contributed by atoms with Gasteiger partial charge in [0.25, 0.3) is 0 Å². The van der Waals surface area contributed by atoms with E-state index < -0.39 is 0 Å². The van der Waals surface area contributed by atoms with Crippen LogP contribution in [0.2, 0.25) is 6.55 Å². The molecule has 102 valence electrons. The summed E-state index contributed by atoms with van der Waals surface area (Å²) in [6.45, 7) is 4.46. The van der Waals surface area contributed by atoms with Crippen LogP contribution in [-0.2, 0) is 0 Å². The van der Waals surface area contributed by atoms with Gasteiger partial charge in [0, 0.05) is 0 Å². The average Bonchev–Trinajstić information content (AvgIpc) is 2.56. The van der Waals surface area contributed by atoms with E-state index in [0.717, 1.165) is 9.52 Å². The van der Waals surface area contributed by atoms with Crippen molar-refractivity contribution in [1.29, 1.82) is 0 Å². The molecule has 21 heavy (non-hydrogen) atoms. The summed E-state index contributed by atoms with van der Waals surface area (Å²) < 4.78 is 0. The van der Waals surface area contributed by atoms with Crippen LogP contribution in [0.1, 0.15) is 5.56 Å². The summed E-state index contributed by atoms with van der Waals surface area (Å²) in [4.78, 5) is 0. The molecule has 3 aromatic carbocycles. The largest absolute Gasteiger partial charge is 0.0782 e. The summed E-state index contributed by atoms with van der Waals surface area (Å²) in [6.07, 6.45) is 0. The summed E-state index contributed by atoms with van der Waals surface area (Å²) in [5.41, 5.74) is 6.71. The normalized spacial score (nSPS) is 10.6. The Morgan fingerprint density at radius 3 is 1.67 bits per heavy atom. The molecule has 0 heterocycles. The molecule has 0 fully saturated rings. The lowest BCUT2D eigenvalue weighted by molar-refractivity contribution is 1.46. The number of hydrogen-bond donors (Lipinski definition) is 0. The van der Waals surface area contributed by atoms with E-state index in [9.17, 15) is 0 Å². The van der Waals surface area contributed by atoms with Gasteiger partial charge in [0.2, 0.25) is 0 Å². The molecule has 0 saturated heterocycles. The first-order valence-electron chi connectivity index (χ1n) is 7.23. The summed E-state index contributed by atoms with van der Waals surface area (Å²) >= 11 is 0. The molecule has 3 rings (SSSR count). The minimum Gasteiger partial charge on any atom is -0.0688 e. The standard InChI is InChI=1S/C20H18Si/c1-15-13-14-18(21-2)20(17-11-7-4-8-12-17)19(15)16-9-5-3-6-10-16/h3-14H,1-2H3. The van der Waals surface area contributed by atoms with Gasteiger partial charge in [0.1, 0.15) is 0 Å². The monoisotopic (exact) mass is 286 g/mol. The summed E-state index contributed by atoms with van der Waals surface area (Å²) in [5, 5.41) is 1.44. The maximum atomic E-state index is 2.28. The van der Waals surface area contributed by atoms with Gasteiger partial charge in [-0.3, -0.25) is 0 Å². The minimum absolute atomic E-state index is 0.792. The topological polar surface area (TPSA) is 0 Å². The van der Waals surface area contributed by atoms with Gasteiger partial charge < -0.3 is 0 Å². The Bertz CT molecular complexity index is 731. The van der Waals surface area contributed by atoms with Crippen LogP contribution in [0, 0.1) is 6.92 Å². The van der Waals surface area contributed by atoms with Crippen molar-refractivity contribution in [3.63, 3.8) is 0 Å². The molecule has 0 bridgehead atoms. The van der Waals surface area contributed by atoms with Crippen LogP contribution in [0.5, 0.6) is 0 Å². The predicted octanol–water partition coefficient (Wildman–Crippen LogP) is 4.71. The van der Waals surface area contributed by atoms with Gasteiger partial charge in [-0.2, -0.15) is 0 Å². The minimum atomic E-state index is 0.792. The van der Waals surface area contributed by atoms with E-state index in [1.807, 2.05) is 0 Å². The fourth-order valence-corrected chi connectivity index (χ4v) is 3.57. The first kappa shape index (κ1) is 13.8. The number of aryl methyl sites for hydroxylation is 1. The van der Waals surface area contributed by atoms with Crippen molar-refractivity contribution in [3.05, 3.63) is 78.4 Å². The third kappa shape index (κ3) is 2.70. The highest BCUT2D eigenvalue weighted by Crippen LogP contribution is 2.33. The number of hydrogen-bond acceptors (Lipinski definition) is 0. The van der Waals surface area contributed by atoms with Gasteiger partial charge in [0.05, 0.1) is 9.52 Å². The number of benzene rings is 3. The van der Waals surface area contributed by atoms with Crippen LogP contribution in [0.15, 0.2) is 72.8 Å². The van der Waals surface area contributed by atoms with Crippen molar-refractivity contribution >= 4 is 14.7 Å². The van der Waals surface area contributed by atoms with Crippen molar-refractivity contribution in [3.8, 4) is 22.3 Å². The van der Waals surface area contributed by atoms with Crippen LogP contribution in [-0.4, -0.2) is 9.52 Å². The molecular weight excluding hydrogens is 268 g/mol. The first-order chi connectivity index (χ1) is 10.3. The van der Waals surface area contributed by atoms with E-state index in [1.165, 1.54) is 33.0 Å². The van der Waals surface area contributed by atoms with E-state index in [0.29, 0.717) is 0 Å². The van der Waals surface area contributed by atoms with Gasteiger partial charge in [0.15, 0.2) is 0 Å². The molecule has 0 aliphatic rings. The Kier molecular flexibility index (Phi) is 4.02. The zero-order chi connectivity index (χ0) is 14.7. The fourth-order valence-electron chi connectivity index (χ4n) is 2.80. The first-order valence-corrected chi connectivity index (χ1v) is 8.73. The molecule has 0 N–H and O–H groups in total. The Morgan fingerprint density at radius 2 is 1.14 bits per heavy atom. The highest BCUT2D eigenvalue weighted by molar-refractivity contribution is 6.54. The summed E-state index contributed by atoms with van der Waals surface area (Å²) in [7, 11) is 0.792. The molecule has 3 aromatic rings. The molecular formula is C20H18Si. The Balaban J connectivity index is 2.33. The van der Waals surface area contributed by atoms with Gasteiger partial charge in [-0.15, -0.1) is 0 Å². The summed E-state index contributed by atoms with van der Waals surface area (Å²) in [5.74, 6) is 0. The molecule has 0 amide bonds. The Morgan fingerprint density at radius 1 is 0.619 bits per heavy atom. The SMILES string of the molecule is C[Si]c1ccc(C)c(-c2ccccc2)c1-c1ccccc1. The van der Waals surface area contributed by atoms with Gasteiger partial charge in [-0.05, 0) is 34.7 Å². The maximum Gasteiger partial charge on any atom is 0.0782 e. The highest BCUT2D eigenvalue weighted by Gasteiger charge is 2.13. The maximum absolute atomic E-state index is 2.28. The lowest BCUT2D eigenvalue weighted by atomic mass is 9.91. The average molecular weight is 286 g/mol. The Labute approximate surface area is 129 Å². The third-order valence-corrected chi connectivity index (χ3v) is 4.76. The van der Waals surface area contributed by atoms with Gasteiger partial charge in [-0.25, -0.2) is 0 Å². The molecule has 0 aromatic heterocycles. The van der Waals surface area contributed by atoms with Crippen molar-refractivity contribution in [2.75, 3.05) is 0 Å². The summed E-state index contributed by atoms with van der Waals surface area (Å²) in [6, 6.07) is 26.0. The van der Waals surface area contributed by atoms with E-state index in [-0.39, 0.29) is 0 Å². The smallest absolute Gasteiger partial charge is 0.0688 e. The van der Waals surface area contributed by atoms with Crippen molar-refractivity contribution < 1.29 is 0 Å². The quantitative estimate of drug-likeness (QED) is 0.612. The number of rotatable bonds is 3. The molecule has 0 aliphatic heterocycles. The predicted molar refractivity (Wildman–Crippen MR) is 93.3 cm³/mol. The Hall–Kier alpha value is -2.12. The van der Waals surface area contributed by atoms with E-state index in [2.05, 4.69) is 86.3 Å². The molecule has 2 radical (unpaired) electrons. The zero-order valence-electron chi connectivity index (χ0n) is 12.4. The van der Waals surface area contributed by atoms with Crippen LogP contribution >= 0.6 is 0 Å². The molecule has 0 aliphatic carbocycles. The molecule has 1 heteroatoms. The lowest BCUT2D eigenvalue weighted by Crippen LogP contribution is -2.15. The molecule has 0 nitrogen and oxygen atoms in total. The third-order valence-electron chi connectivity index (χ3n) is 3.81.